The third kappa shape index (κ3) is 3.95. The lowest BCUT2D eigenvalue weighted by molar-refractivity contribution is 0.0947. The topological polar surface area (TPSA) is 64.6 Å². The van der Waals surface area contributed by atoms with Crippen molar-refractivity contribution in [1.82, 2.24) is 5.32 Å². The van der Waals surface area contributed by atoms with Gasteiger partial charge in [0.15, 0.2) is 0 Å². The van der Waals surface area contributed by atoms with E-state index in [0.717, 1.165) is 4.88 Å². The Balaban J connectivity index is 1.66. The van der Waals surface area contributed by atoms with Crippen molar-refractivity contribution in [3.05, 3.63) is 68.0 Å². The van der Waals surface area contributed by atoms with E-state index in [1.54, 1.807) is 31.4 Å². The second-order valence-corrected chi connectivity index (χ2v) is 7.44. The normalized spacial score (nSPS) is 10.4. The van der Waals surface area contributed by atoms with E-state index in [-0.39, 0.29) is 11.7 Å². The van der Waals surface area contributed by atoms with Crippen LogP contribution >= 0.6 is 22.7 Å². The van der Waals surface area contributed by atoms with Crippen molar-refractivity contribution >= 4 is 34.4 Å². The third-order valence-electron chi connectivity index (χ3n) is 3.71. The maximum absolute atomic E-state index is 12.4. The summed E-state index contributed by atoms with van der Waals surface area (Å²) < 4.78 is 10.4. The summed E-state index contributed by atoms with van der Waals surface area (Å²) in [5, 5.41) is 4.74. The number of carbonyl (C=O) groups excluding carboxylic acids is 2. The first-order chi connectivity index (χ1) is 12.6. The highest BCUT2D eigenvalue weighted by atomic mass is 32.1. The van der Waals surface area contributed by atoms with Gasteiger partial charge in [-0.3, -0.25) is 9.59 Å². The molecule has 1 amide bonds. The van der Waals surface area contributed by atoms with Gasteiger partial charge in [-0.2, -0.15) is 0 Å². The zero-order chi connectivity index (χ0) is 18.5. The second-order valence-electron chi connectivity index (χ2n) is 5.32. The molecule has 0 aliphatic rings. The molecule has 3 aromatic rings. The van der Waals surface area contributed by atoms with Crippen molar-refractivity contribution < 1.29 is 19.1 Å². The van der Waals surface area contributed by atoms with Gasteiger partial charge in [-0.15, -0.1) is 22.7 Å². The smallest absolute Gasteiger partial charge is 0.255 e. The van der Waals surface area contributed by atoms with Crippen LogP contribution in [0.25, 0.3) is 0 Å². The lowest BCUT2D eigenvalue weighted by atomic mass is 10.1. The van der Waals surface area contributed by atoms with E-state index in [1.807, 2.05) is 23.6 Å². The van der Waals surface area contributed by atoms with Crippen LogP contribution in [0.2, 0.25) is 0 Å². The Kier molecular flexibility index (Phi) is 5.70. The fourth-order valence-corrected chi connectivity index (χ4v) is 4.02. The van der Waals surface area contributed by atoms with Crippen molar-refractivity contribution in [2.24, 2.45) is 0 Å². The van der Waals surface area contributed by atoms with Crippen LogP contribution in [0.15, 0.2) is 47.8 Å². The molecule has 0 bridgehead atoms. The van der Waals surface area contributed by atoms with Crippen molar-refractivity contribution in [2.45, 2.75) is 6.54 Å². The summed E-state index contributed by atoms with van der Waals surface area (Å²) >= 11 is 2.80. The molecule has 1 N–H and O–H groups in total. The summed E-state index contributed by atoms with van der Waals surface area (Å²) in [7, 11) is 3.06. The number of nitrogens with one attached hydrogen (secondary N) is 1. The van der Waals surface area contributed by atoms with Crippen LogP contribution in [-0.2, 0) is 6.54 Å². The zero-order valence-corrected chi connectivity index (χ0v) is 15.9. The van der Waals surface area contributed by atoms with Gasteiger partial charge in [-0.1, -0.05) is 6.07 Å². The van der Waals surface area contributed by atoms with Crippen LogP contribution in [0.3, 0.4) is 0 Å². The lowest BCUT2D eigenvalue weighted by Crippen LogP contribution is -2.22. The summed E-state index contributed by atoms with van der Waals surface area (Å²) in [6, 6.07) is 12.4. The Labute approximate surface area is 159 Å². The fraction of sp³-hybridized carbons (Fsp3) is 0.158. The van der Waals surface area contributed by atoms with E-state index >= 15 is 0 Å². The summed E-state index contributed by atoms with van der Waals surface area (Å²) in [6.45, 7) is 0.344. The second kappa shape index (κ2) is 8.16. The van der Waals surface area contributed by atoms with Crippen LogP contribution in [0.1, 0.15) is 29.8 Å². The first-order valence-corrected chi connectivity index (χ1v) is 9.49. The monoisotopic (exact) mass is 387 g/mol. The van der Waals surface area contributed by atoms with Gasteiger partial charge in [0.25, 0.3) is 5.91 Å². The largest absolute Gasteiger partial charge is 0.497 e. The molecular formula is C19H17NO4S2. The predicted octanol–water partition coefficient (Wildman–Crippen LogP) is 3.99. The van der Waals surface area contributed by atoms with Gasteiger partial charge < -0.3 is 14.8 Å². The average molecular weight is 387 g/mol. The minimum absolute atomic E-state index is 0.0133. The summed E-state index contributed by atoms with van der Waals surface area (Å²) in [5.74, 6) is 0.832. The molecule has 2 heterocycles. The molecule has 5 nitrogen and oxygen atoms in total. The van der Waals surface area contributed by atoms with E-state index in [4.69, 9.17) is 9.47 Å². The van der Waals surface area contributed by atoms with E-state index in [0.29, 0.717) is 33.4 Å². The van der Waals surface area contributed by atoms with Gasteiger partial charge in [0, 0.05) is 10.9 Å². The summed E-state index contributed by atoms with van der Waals surface area (Å²) in [5.41, 5.74) is 0.430. The maximum atomic E-state index is 12.4. The summed E-state index contributed by atoms with van der Waals surface area (Å²) in [4.78, 5) is 27.0. The molecule has 7 heteroatoms. The Morgan fingerprint density at radius 3 is 2.58 bits per heavy atom. The number of hydrogen-bond donors (Lipinski definition) is 1. The first kappa shape index (κ1) is 18.2. The first-order valence-electron chi connectivity index (χ1n) is 7.79. The fourth-order valence-electron chi connectivity index (χ4n) is 2.37. The van der Waals surface area contributed by atoms with Crippen LogP contribution in [0, 0.1) is 0 Å². The number of carbonyl (C=O) groups is 2. The van der Waals surface area contributed by atoms with Gasteiger partial charge in [0.05, 0.1) is 36.1 Å². The van der Waals surface area contributed by atoms with Crippen LogP contribution in [0.4, 0.5) is 0 Å². The van der Waals surface area contributed by atoms with Gasteiger partial charge >= 0.3 is 0 Å². The Hall–Kier alpha value is -2.64. The molecule has 1 aromatic carbocycles. The number of rotatable bonds is 7. The average Bonchev–Trinajstić information content (AvgIpc) is 3.37. The molecule has 0 aliphatic heterocycles. The van der Waals surface area contributed by atoms with Gasteiger partial charge in [0.1, 0.15) is 11.5 Å². The molecule has 0 unspecified atom stereocenters. The Morgan fingerprint density at radius 2 is 1.88 bits per heavy atom. The molecule has 2 aromatic heterocycles. The number of thiophene rings is 2. The van der Waals surface area contributed by atoms with Gasteiger partial charge in [0.2, 0.25) is 5.78 Å². The van der Waals surface area contributed by atoms with Gasteiger partial charge in [-0.25, -0.2) is 0 Å². The standard InChI is InChI=1S/C19H17NO4S2/c1-23-12-5-7-14(15(10-12)24-2)19(22)20-11-13-6-8-17(26-13)18(21)16-4-3-9-25-16/h3-10H,11H2,1-2H3,(H,20,22). The minimum atomic E-state index is -0.246. The molecule has 0 saturated carbocycles. The Morgan fingerprint density at radius 1 is 1.04 bits per heavy atom. The van der Waals surface area contributed by atoms with Crippen molar-refractivity contribution in [3.63, 3.8) is 0 Å². The molecular weight excluding hydrogens is 370 g/mol. The van der Waals surface area contributed by atoms with E-state index < -0.39 is 0 Å². The molecule has 0 radical (unpaired) electrons. The molecule has 3 rings (SSSR count). The van der Waals surface area contributed by atoms with Crippen LogP contribution in [-0.4, -0.2) is 25.9 Å². The van der Waals surface area contributed by atoms with E-state index in [2.05, 4.69) is 5.32 Å². The van der Waals surface area contributed by atoms with E-state index in [9.17, 15) is 9.59 Å². The quantitative estimate of drug-likeness (QED) is 0.623. The molecule has 0 fully saturated rings. The lowest BCUT2D eigenvalue weighted by Gasteiger charge is -2.10. The molecule has 134 valence electrons. The SMILES string of the molecule is COc1ccc(C(=O)NCc2ccc(C(=O)c3cccs3)s2)c(OC)c1. The minimum Gasteiger partial charge on any atom is -0.497 e. The van der Waals surface area contributed by atoms with Crippen molar-refractivity contribution in [3.8, 4) is 11.5 Å². The predicted molar refractivity (Wildman–Crippen MR) is 103 cm³/mol. The molecule has 0 aliphatic carbocycles. The highest BCUT2D eigenvalue weighted by Crippen LogP contribution is 2.25. The number of benzene rings is 1. The molecule has 0 saturated heterocycles. The van der Waals surface area contributed by atoms with Crippen molar-refractivity contribution in [1.29, 1.82) is 0 Å². The van der Waals surface area contributed by atoms with Gasteiger partial charge in [-0.05, 0) is 35.7 Å². The van der Waals surface area contributed by atoms with Crippen LogP contribution < -0.4 is 14.8 Å². The third-order valence-corrected chi connectivity index (χ3v) is 5.66. The van der Waals surface area contributed by atoms with E-state index in [1.165, 1.54) is 29.8 Å². The highest BCUT2D eigenvalue weighted by molar-refractivity contribution is 7.16. The zero-order valence-electron chi connectivity index (χ0n) is 14.3. The number of methoxy groups -OCH3 is 2. The Bertz CT molecular complexity index is 916. The summed E-state index contributed by atoms with van der Waals surface area (Å²) in [6.07, 6.45) is 0. The number of ketones is 1. The number of amides is 1. The molecule has 0 atom stereocenters. The maximum Gasteiger partial charge on any atom is 0.255 e. The molecule has 0 spiro atoms. The van der Waals surface area contributed by atoms with Crippen LogP contribution in [0.5, 0.6) is 11.5 Å². The van der Waals surface area contributed by atoms with Crippen molar-refractivity contribution in [2.75, 3.05) is 14.2 Å². The molecule has 26 heavy (non-hydrogen) atoms. The number of ether oxygens (including phenoxy) is 2. The highest BCUT2D eigenvalue weighted by Gasteiger charge is 2.15. The number of hydrogen-bond acceptors (Lipinski definition) is 6.